The molecule has 2 amide bonds. The number of furan rings is 1. The maximum absolute atomic E-state index is 12.3. The van der Waals surface area contributed by atoms with Gasteiger partial charge in [-0.15, -0.1) is 0 Å². The summed E-state index contributed by atoms with van der Waals surface area (Å²) in [6.07, 6.45) is 3.28. The standard InChI is InChI=1S/C22H39N5O4/c1-8-22(9-2,27-20(29)31-21(4,5)6)15-26-19(23-7)25-13-10-12-24-18(28)17-16(3)11-14-30-17/h11,14H,8-10,12-13,15H2,1-7H3,(H,24,28)(H,27,29)(H2,23,25,26). The Hall–Kier alpha value is -2.71. The molecule has 0 aliphatic rings. The maximum atomic E-state index is 12.3. The first-order valence-corrected chi connectivity index (χ1v) is 10.8. The summed E-state index contributed by atoms with van der Waals surface area (Å²) >= 11 is 0. The molecule has 0 aliphatic carbocycles. The summed E-state index contributed by atoms with van der Waals surface area (Å²) in [4.78, 5) is 28.5. The third kappa shape index (κ3) is 9.31. The molecule has 0 atom stereocenters. The van der Waals surface area contributed by atoms with Crippen molar-refractivity contribution in [3.8, 4) is 0 Å². The maximum Gasteiger partial charge on any atom is 0.408 e. The Kier molecular flexibility index (Phi) is 10.4. The van der Waals surface area contributed by atoms with Crippen LogP contribution < -0.4 is 21.3 Å². The van der Waals surface area contributed by atoms with Gasteiger partial charge in [0.2, 0.25) is 0 Å². The first-order chi connectivity index (χ1) is 14.6. The zero-order valence-corrected chi connectivity index (χ0v) is 20.0. The quantitative estimate of drug-likeness (QED) is 0.254. The monoisotopic (exact) mass is 437 g/mol. The number of carbonyl (C=O) groups is 2. The number of guanidine groups is 1. The van der Waals surface area contributed by atoms with Gasteiger partial charge in [0.15, 0.2) is 11.7 Å². The minimum Gasteiger partial charge on any atom is -0.459 e. The SMILES string of the molecule is CCC(CC)(CNC(=NC)NCCCNC(=O)c1occc1C)NC(=O)OC(C)(C)C. The summed E-state index contributed by atoms with van der Waals surface area (Å²) in [6.45, 7) is 13.1. The Labute approximate surface area is 185 Å². The number of hydrogen-bond acceptors (Lipinski definition) is 5. The largest absolute Gasteiger partial charge is 0.459 e. The molecular formula is C22H39N5O4. The van der Waals surface area contributed by atoms with Crippen LogP contribution in [-0.2, 0) is 4.74 Å². The van der Waals surface area contributed by atoms with E-state index in [2.05, 4.69) is 26.3 Å². The van der Waals surface area contributed by atoms with Crippen molar-refractivity contribution in [1.29, 1.82) is 0 Å². The van der Waals surface area contributed by atoms with Crippen LogP contribution >= 0.6 is 0 Å². The lowest BCUT2D eigenvalue weighted by molar-refractivity contribution is 0.0448. The highest BCUT2D eigenvalue weighted by molar-refractivity contribution is 5.92. The topological polar surface area (TPSA) is 117 Å². The molecule has 31 heavy (non-hydrogen) atoms. The van der Waals surface area contributed by atoms with E-state index in [0.29, 0.717) is 31.4 Å². The zero-order chi connectivity index (χ0) is 23.5. The first-order valence-electron chi connectivity index (χ1n) is 10.8. The van der Waals surface area contributed by atoms with E-state index in [0.717, 1.165) is 24.8 Å². The van der Waals surface area contributed by atoms with E-state index in [1.165, 1.54) is 6.26 Å². The summed E-state index contributed by atoms with van der Waals surface area (Å²) in [5.41, 5.74) is -0.182. The van der Waals surface area contributed by atoms with E-state index in [9.17, 15) is 9.59 Å². The molecule has 0 spiro atoms. The second kappa shape index (κ2) is 12.2. The van der Waals surface area contributed by atoms with Crippen LogP contribution in [-0.4, -0.2) is 55.8 Å². The summed E-state index contributed by atoms with van der Waals surface area (Å²) < 4.78 is 10.6. The molecule has 1 aromatic heterocycles. The Bertz CT molecular complexity index is 733. The van der Waals surface area contributed by atoms with E-state index in [4.69, 9.17) is 9.15 Å². The number of alkyl carbamates (subject to hydrolysis) is 1. The van der Waals surface area contributed by atoms with Gasteiger partial charge in [-0.2, -0.15) is 0 Å². The Morgan fingerprint density at radius 2 is 1.74 bits per heavy atom. The van der Waals surface area contributed by atoms with E-state index in [-0.39, 0.29) is 5.91 Å². The fraction of sp³-hybridized carbons (Fsp3) is 0.682. The van der Waals surface area contributed by atoms with Crippen molar-refractivity contribution in [2.24, 2.45) is 4.99 Å². The van der Waals surface area contributed by atoms with Gasteiger partial charge in [0.1, 0.15) is 5.60 Å². The zero-order valence-electron chi connectivity index (χ0n) is 20.0. The second-order valence-corrected chi connectivity index (χ2v) is 8.51. The summed E-state index contributed by atoms with van der Waals surface area (Å²) in [5.74, 6) is 0.762. The van der Waals surface area contributed by atoms with Crippen molar-refractivity contribution in [2.45, 2.75) is 71.9 Å². The number of aryl methyl sites for hydroxylation is 1. The highest BCUT2D eigenvalue weighted by Crippen LogP contribution is 2.16. The number of amides is 2. The number of hydrogen-bond donors (Lipinski definition) is 4. The van der Waals surface area contributed by atoms with Crippen molar-refractivity contribution in [3.05, 3.63) is 23.7 Å². The number of aliphatic imine (C=N–C) groups is 1. The van der Waals surface area contributed by atoms with E-state index < -0.39 is 17.2 Å². The molecule has 1 aromatic rings. The molecule has 1 heterocycles. The lowest BCUT2D eigenvalue weighted by Crippen LogP contribution is -2.57. The number of nitrogens with zero attached hydrogens (tertiary/aromatic N) is 1. The number of rotatable bonds is 10. The van der Waals surface area contributed by atoms with Crippen LogP contribution in [0.2, 0.25) is 0 Å². The molecule has 0 fully saturated rings. The Balaban J connectivity index is 2.43. The van der Waals surface area contributed by atoms with Crippen LogP contribution in [0.1, 0.15) is 70.0 Å². The fourth-order valence-electron chi connectivity index (χ4n) is 2.90. The molecule has 0 saturated heterocycles. The molecular weight excluding hydrogens is 398 g/mol. The molecule has 9 heteroatoms. The number of nitrogens with one attached hydrogen (secondary N) is 4. The average molecular weight is 438 g/mol. The molecule has 0 unspecified atom stereocenters. The predicted molar refractivity (Wildman–Crippen MR) is 122 cm³/mol. The van der Waals surface area contributed by atoms with Crippen LogP contribution in [0.5, 0.6) is 0 Å². The lowest BCUT2D eigenvalue weighted by Gasteiger charge is -2.34. The van der Waals surface area contributed by atoms with Gasteiger partial charge in [-0.25, -0.2) is 4.79 Å². The molecule has 4 N–H and O–H groups in total. The molecule has 0 aromatic carbocycles. The number of ether oxygens (including phenoxy) is 1. The van der Waals surface area contributed by atoms with Crippen molar-refractivity contribution in [3.63, 3.8) is 0 Å². The third-order valence-corrected chi connectivity index (χ3v) is 4.94. The van der Waals surface area contributed by atoms with Crippen LogP contribution in [0.15, 0.2) is 21.7 Å². The van der Waals surface area contributed by atoms with Crippen molar-refractivity contribution in [1.82, 2.24) is 21.3 Å². The highest BCUT2D eigenvalue weighted by Gasteiger charge is 2.30. The molecule has 9 nitrogen and oxygen atoms in total. The molecule has 1 rings (SSSR count). The van der Waals surface area contributed by atoms with Gasteiger partial charge in [-0.3, -0.25) is 9.79 Å². The Morgan fingerprint density at radius 3 is 2.26 bits per heavy atom. The van der Waals surface area contributed by atoms with Crippen molar-refractivity contribution in [2.75, 3.05) is 26.7 Å². The van der Waals surface area contributed by atoms with Gasteiger partial charge in [-0.1, -0.05) is 13.8 Å². The summed E-state index contributed by atoms with van der Waals surface area (Å²) in [6, 6.07) is 1.76. The van der Waals surface area contributed by atoms with E-state index in [1.807, 2.05) is 41.5 Å². The highest BCUT2D eigenvalue weighted by atomic mass is 16.6. The smallest absolute Gasteiger partial charge is 0.408 e. The predicted octanol–water partition coefficient (Wildman–Crippen LogP) is 2.96. The lowest BCUT2D eigenvalue weighted by atomic mass is 9.93. The van der Waals surface area contributed by atoms with Crippen molar-refractivity contribution < 1.29 is 18.7 Å². The minimum atomic E-state index is -0.548. The van der Waals surface area contributed by atoms with Gasteiger partial charge in [-0.05, 0) is 53.0 Å². The second-order valence-electron chi connectivity index (χ2n) is 8.51. The molecule has 176 valence electrons. The van der Waals surface area contributed by atoms with Gasteiger partial charge >= 0.3 is 6.09 Å². The van der Waals surface area contributed by atoms with Gasteiger partial charge < -0.3 is 30.4 Å². The molecule has 0 radical (unpaired) electrons. The van der Waals surface area contributed by atoms with E-state index >= 15 is 0 Å². The molecule has 0 saturated carbocycles. The minimum absolute atomic E-state index is 0.214. The fourth-order valence-corrected chi connectivity index (χ4v) is 2.90. The van der Waals surface area contributed by atoms with Crippen LogP contribution in [0.4, 0.5) is 4.79 Å². The molecule has 0 aliphatic heterocycles. The van der Waals surface area contributed by atoms with Crippen LogP contribution in [0.3, 0.4) is 0 Å². The van der Waals surface area contributed by atoms with Gasteiger partial charge in [0, 0.05) is 32.2 Å². The summed E-state index contributed by atoms with van der Waals surface area (Å²) in [5, 5.41) is 12.3. The molecule has 0 bridgehead atoms. The van der Waals surface area contributed by atoms with Crippen LogP contribution in [0, 0.1) is 6.92 Å². The number of carbonyl (C=O) groups excluding carboxylic acids is 2. The average Bonchev–Trinajstić information content (AvgIpc) is 3.13. The first kappa shape index (κ1) is 26.3. The van der Waals surface area contributed by atoms with Gasteiger partial charge in [0.25, 0.3) is 5.91 Å². The van der Waals surface area contributed by atoms with Crippen LogP contribution in [0.25, 0.3) is 0 Å². The Morgan fingerprint density at radius 1 is 1.10 bits per heavy atom. The van der Waals surface area contributed by atoms with E-state index in [1.54, 1.807) is 13.1 Å². The summed E-state index contributed by atoms with van der Waals surface area (Å²) in [7, 11) is 1.69. The van der Waals surface area contributed by atoms with Crippen molar-refractivity contribution >= 4 is 18.0 Å². The normalized spacial score (nSPS) is 12.3. The van der Waals surface area contributed by atoms with Gasteiger partial charge in [0.05, 0.1) is 11.8 Å². The third-order valence-electron chi connectivity index (χ3n) is 4.94.